The Morgan fingerprint density at radius 3 is 3.07 bits per heavy atom. The van der Waals surface area contributed by atoms with Crippen LogP contribution in [0.15, 0.2) is 4.99 Å². The van der Waals surface area contributed by atoms with E-state index in [9.17, 15) is 0 Å². The molecule has 0 spiro atoms. The second-order valence-corrected chi connectivity index (χ2v) is 5.73. The molecule has 2 aliphatic heterocycles. The molecule has 2 atom stereocenters. The van der Waals surface area contributed by atoms with Gasteiger partial charge in [-0.05, 0) is 32.4 Å². The number of rotatable bonds is 2. The van der Waals surface area contributed by atoms with E-state index in [1.54, 1.807) is 0 Å². The lowest BCUT2D eigenvalue weighted by Gasteiger charge is -2.23. The molecule has 2 heterocycles. The molecule has 0 aromatic rings. The summed E-state index contributed by atoms with van der Waals surface area (Å²) in [6.07, 6.45) is 2.68. The second-order valence-electron chi connectivity index (χ2n) is 4.72. The first-order chi connectivity index (χ1) is 7.25. The molecule has 4 heteroatoms. The molecule has 0 aromatic heterocycles. The molecule has 86 valence electrons. The van der Waals surface area contributed by atoms with E-state index in [0.29, 0.717) is 6.04 Å². The summed E-state index contributed by atoms with van der Waals surface area (Å²) in [7, 11) is 2.22. The average molecular weight is 227 g/mol. The van der Waals surface area contributed by atoms with E-state index in [1.807, 2.05) is 11.8 Å². The molecule has 0 aromatic carbocycles. The average Bonchev–Trinajstić information content (AvgIpc) is 2.63. The van der Waals surface area contributed by atoms with Gasteiger partial charge in [0.2, 0.25) is 0 Å². The molecule has 0 saturated carbocycles. The molecular formula is C11H21N3S. The minimum atomic E-state index is 0.715. The third kappa shape index (κ3) is 3.11. The molecule has 2 aliphatic rings. The molecule has 0 radical (unpaired) electrons. The van der Waals surface area contributed by atoms with Gasteiger partial charge in [-0.1, -0.05) is 18.7 Å². The van der Waals surface area contributed by atoms with Gasteiger partial charge in [-0.25, -0.2) is 0 Å². The van der Waals surface area contributed by atoms with Gasteiger partial charge in [0.05, 0.1) is 0 Å². The van der Waals surface area contributed by atoms with Gasteiger partial charge in [0, 0.05) is 24.9 Å². The van der Waals surface area contributed by atoms with E-state index in [1.165, 1.54) is 25.1 Å². The summed E-state index contributed by atoms with van der Waals surface area (Å²) in [6, 6.07) is 0.715. The number of aliphatic imine (C=N–C) groups is 1. The summed E-state index contributed by atoms with van der Waals surface area (Å²) in [5.74, 6) is 1.96. The molecule has 1 N–H and O–H groups in total. The standard InChI is InChI=1S/C11H21N3S/c1-9-6-12-11(15-8-9)13-7-10-4-3-5-14(10)2/h9-10H,3-8H2,1-2H3,(H,12,13). The first-order valence-electron chi connectivity index (χ1n) is 5.87. The minimum absolute atomic E-state index is 0.715. The fourth-order valence-corrected chi connectivity index (χ4v) is 3.01. The smallest absolute Gasteiger partial charge is 0.156 e. The van der Waals surface area contributed by atoms with Gasteiger partial charge in [0.25, 0.3) is 0 Å². The summed E-state index contributed by atoms with van der Waals surface area (Å²) < 4.78 is 0. The maximum Gasteiger partial charge on any atom is 0.156 e. The van der Waals surface area contributed by atoms with Crippen LogP contribution in [0.3, 0.4) is 0 Å². The van der Waals surface area contributed by atoms with Crippen molar-refractivity contribution < 1.29 is 0 Å². The number of thioether (sulfide) groups is 1. The van der Waals surface area contributed by atoms with Crippen LogP contribution in [0.25, 0.3) is 0 Å². The van der Waals surface area contributed by atoms with Crippen molar-refractivity contribution in [3.8, 4) is 0 Å². The van der Waals surface area contributed by atoms with Gasteiger partial charge in [-0.2, -0.15) is 0 Å². The fraction of sp³-hybridized carbons (Fsp3) is 0.909. The Bertz CT molecular complexity index is 242. The van der Waals surface area contributed by atoms with Crippen molar-refractivity contribution in [1.82, 2.24) is 10.2 Å². The Kier molecular flexibility index (Phi) is 3.92. The van der Waals surface area contributed by atoms with Gasteiger partial charge >= 0.3 is 0 Å². The van der Waals surface area contributed by atoms with Crippen molar-refractivity contribution in [2.45, 2.75) is 25.8 Å². The first kappa shape index (κ1) is 11.3. The molecule has 0 bridgehead atoms. The van der Waals surface area contributed by atoms with E-state index in [0.717, 1.165) is 24.2 Å². The number of nitrogens with one attached hydrogen (secondary N) is 1. The molecule has 3 nitrogen and oxygen atoms in total. The highest BCUT2D eigenvalue weighted by atomic mass is 32.2. The van der Waals surface area contributed by atoms with Gasteiger partial charge < -0.3 is 10.2 Å². The summed E-state index contributed by atoms with van der Waals surface area (Å²) in [6.45, 7) is 5.58. The highest BCUT2D eigenvalue weighted by Crippen LogP contribution is 2.17. The predicted octanol–water partition coefficient (Wildman–Crippen LogP) is 1.41. The van der Waals surface area contributed by atoms with Crippen LogP contribution in [-0.4, -0.2) is 48.5 Å². The minimum Gasteiger partial charge on any atom is -0.363 e. The Morgan fingerprint density at radius 2 is 2.47 bits per heavy atom. The predicted molar refractivity (Wildman–Crippen MR) is 67.6 cm³/mol. The van der Waals surface area contributed by atoms with Crippen molar-refractivity contribution in [3.63, 3.8) is 0 Å². The molecule has 0 aliphatic carbocycles. The molecule has 15 heavy (non-hydrogen) atoms. The van der Waals surface area contributed by atoms with Crippen LogP contribution in [0.2, 0.25) is 0 Å². The normalized spacial score (nSPS) is 32.8. The third-order valence-electron chi connectivity index (χ3n) is 3.21. The lowest BCUT2D eigenvalue weighted by Crippen LogP contribution is -2.38. The van der Waals surface area contributed by atoms with Crippen LogP contribution in [-0.2, 0) is 0 Å². The Balaban J connectivity index is 1.73. The van der Waals surface area contributed by atoms with Gasteiger partial charge in [-0.3, -0.25) is 4.99 Å². The molecule has 1 saturated heterocycles. The molecular weight excluding hydrogens is 206 g/mol. The Hall–Kier alpha value is -0.220. The summed E-state index contributed by atoms with van der Waals surface area (Å²) in [5.41, 5.74) is 0. The zero-order chi connectivity index (χ0) is 10.7. The van der Waals surface area contributed by atoms with Gasteiger partial charge in [-0.15, -0.1) is 0 Å². The quantitative estimate of drug-likeness (QED) is 0.773. The van der Waals surface area contributed by atoms with Crippen LogP contribution >= 0.6 is 11.8 Å². The van der Waals surface area contributed by atoms with Crippen molar-refractivity contribution in [2.24, 2.45) is 10.9 Å². The van der Waals surface area contributed by atoms with Crippen LogP contribution in [0.5, 0.6) is 0 Å². The summed E-state index contributed by atoms with van der Waals surface area (Å²) in [4.78, 5) is 6.99. The van der Waals surface area contributed by atoms with Crippen molar-refractivity contribution in [3.05, 3.63) is 0 Å². The SMILES string of the molecule is CC1CN=C(NCC2CCCN2C)SC1. The van der Waals surface area contributed by atoms with Gasteiger partial charge in [0.15, 0.2) is 5.17 Å². The van der Waals surface area contributed by atoms with Crippen molar-refractivity contribution in [1.29, 1.82) is 0 Å². The molecule has 0 amide bonds. The van der Waals surface area contributed by atoms with Crippen LogP contribution in [0, 0.1) is 5.92 Å². The number of likely N-dealkylation sites (N-methyl/N-ethyl adjacent to an activating group) is 1. The van der Waals surface area contributed by atoms with Crippen LogP contribution in [0.1, 0.15) is 19.8 Å². The lowest BCUT2D eigenvalue weighted by molar-refractivity contribution is 0.310. The number of hydrogen-bond acceptors (Lipinski definition) is 4. The summed E-state index contributed by atoms with van der Waals surface area (Å²) >= 11 is 1.88. The molecule has 2 unspecified atom stereocenters. The zero-order valence-electron chi connectivity index (χ0n) is 9.70. The van der Waals surface area contributed by atoms with E-state index in [-0.39, 0.29) is 0 Å². The monoisotopic (exact) mass is 227 g/mol. The number of amidine groups is 1. The van der Waals surface area contributed by atoms with E-state index in [4.69, 9.17) is 0 Å². The number of likely N-dealkylation sites (tertiary alicyclic amines) is 1. The third-order valence-corrected chi connectivity index (χ3v) is 4.49. The maximum atomic E-state index is 4.55. The second kappa shape index (κ2) is 5.21. The zero-order valence-corrected chi connectivity index (χ0v) is 10.5. The topological polar surface area (TPSA) is 27.6 Å². The van der Waals surface area contributed by atoms with Crippen LogP contribution in [0.4, 0.5) is 0 Å². The van der Waals surface area contributed by atoms with E-state index < -0.39 is 0 Å². The largest absolute Gasteiger partial charge is 0.363 e. The Labute approximate surface area is 96.7 Å². The van der Waals surface area contributed by atoms with Gasteiger partial charge in [0.1, 0.15) is 0 Å². The first-order valence-corrected chi connectivity index (χ1v) is 6.85. The summed E-state index contributed by atoms with van der Waals surface area (Å²) in [5, 5.41) is 4.65. The highest BCUT2D eigenvalue weighted by molar-refractivity contribution is 8.13. The maximum absolute atomic E-state index is 4.55. The van der Waals surface area contributed by atoms with E-state index >= 15 is 0 Å². The van der Waals surface area contributed by atoms with Crippen molar-refractivity contribution >= 4 is 16.9 Å². The van der Waals surface area contributed by atoms with E-state index in [2.05, 4.69) is 29.2 Å². The lowest BCUT2D eigenvalue weighted by atomic mass is 10.2. The fourth-order valence-electron chi connectivity index (χ4n) is 2.11. The molecule has 2 rings (SSSR count). The van der Waals surface area contributed by atoms with Crippen LogP contribution < -0.4 is 5.32 Å². The number of nitrogens with zero attached hydrogens (tertiary/aromatic N) is 2. The number of hydrogen-bond donors (Lipinski definition) is 1. The molecule has 1 fully saturated rings. The van der Waals surface area contributed by atoms with Crippen molar-refractivity contribution in [2.75, 3.05) is 32.4 Å². The highest BCUT2D eigenvalue weighted by Gasteiger charge is 2.21. The Morgan fingerprint density at radius 1 is 1.60 bits per heavy atom.